The first kappa shape index (κ1) is 14.0. The van der Waals surface area contributed by atoms with Gasteiger partial charge >= 0.3 is 0 Å². The summed E-state index contributed by atoms with van der Waals surface area (Å²) in [6.45, 7) is 0.492. The molecule has 1 amide bonds. The van der Waals surface area contributed by atoms with Crippen LogP contribution < -0.4 is 5.73 Å². The van der Waals surface area contributed by atoms with Gasteiger partial charge in [-0.25, -0.2) is 4.39 Å². The maximum absolute atomic E-state index is 13.0. The third kappa shape index (κ3) is 3.33. The fraction of sp³-hybridized carbons (Fsp3) is 0.154. The van der Waals surface area contributed by atoms with Gasteiger partial charge < -0.3 is 10.6 Å². The molecule has 19 heavy (non-hydrogen) atoms. The standard InChI is InChI=1S/C13H12BrFN2OS/c1-17(6-10-4-8(14)7-19-10)13(18)11-3-2-9(15)5-12(11)16/h2-5,7H,6,16H2,1H3. The fourth-order valence-electron chi connectivity index (χ4n) is 1.68. The third-order valence-corrected chi connectivity index (χ3v) is 4.29. The minimum Gasteiger partial charge on any atom is -0.398 e. The summed E-state index contributed by atoms with van der Waals surface area (Å²) >= 11 is 4.93. The van der Waals surface area contributed by atoms with Gasteiger partial charge in [0.2, 0.25) is 0 Å². The van der Waals surface area contributed by atoms with Gasteiger partial charge in [0.15, 0.2) is 0 Å². The molecule has 1 aromatic heterocycles. The summed E-state index contributed by atoms with van der Waals surface area (Å²) in [7, 11) is 1.69. The molecule has 1 heterocycles. The van der Waals surface area contributed by atoms with E-state index in [9.17, 15) is 9.18 Å². The lowest BCUT2D eigenvalue weighted by Crippen LogP contribution is -2.26. The molecule has 0 bridgehead atoms. The van der Waals surface area contributed by atoms with Crippen molar-refractivity contribution in [3.63, 3.8) is 0 Å². The lowest BCUT2D eigenvalue weighted by molar-refractivity contribution is 0.0787. The van der Waals surface area contributed by atoms with Crippen molar-refractivity contribution in [1.82, 2.24) is 4.90 Å². The zero-order valence-corrected chi connectivity index (χ0v) is 12.6. The molecule has 2 aromatic rings. The first-order valence-corrected chi connectivity index (χ1v) is 7.18. The van der Waals surface area contributed by atoms with Crippen molar-refractivity contribution in [1.29, 1.82) is 0 Å². The van der Waals surface area contributed by atoms with Gasteiger partial charge in [0.25, 0.3) is 5.91 Å². The van der Waals surface area contributed by atoms with E-state index in [2.05, 4.69) is 15.9 Å². The number of thiophene rings is 1. The van der Waals surface area contributed by atoms with Crippen LogP contribution >= 0.6 is 27.3 Å². The van der Waals surface area contributed by atoms with E-state index < -0.39 is 5.82 Å². The van der Waals surface area contributed by atoms with Gasteiger partial charge in [0, 0.05) is 27.5 Å². The van der Waals surface area contributed by atoms with E-state index >= 15 is 0 Å². The van der Waals surface area contributed by atoms with Crippen LogP contribution in [-0.4, -0.2) is 17.9 Å². The number of nitrogen functional groups attached to an aromatic ring is 1. The Morgan fingerprint density at radius 3 is 2.79 bits per heavy atom. The van der Waals surface area contributed by atoms with Crippen LogP contribution in [0.15, 0.2) is 34.1 Å². The van der Waals surface area contributed by atoms with Gasteiger partial charge in [0.1, 0.15) is 5.82 Å². The molecule has 0 aliphatic heterocycles. The first-order chi connectivity index (χ1) is 8.97. The van der Waals surface area contributed by atoms with Crippen molar-refractivity contribution in [3.8, 4) is 0 Å². The second-order valence-electron chi connectivity index (χ2n) is 4.12. The number of amides is 1. The number of halogens is 2. The summed E-state index contributed by atoms with van der Waals surface area (Å²) in [5.74, 6) is -0.666. The maximum atomic E-state index is 13.0. The molecule has 0 saturated heterocycles. The van der Waals surface area contributed by atoms with Gasteiger partial charge in [-0.2, -0.15) is 0 Å². The van der Waals surface area contributed by atoms with Crippen LogP contribution in [0.2, 0.25) is 0 Å². The largest absolute Gasteiger partial charge is 0.398 e. The van der Waals surface area contributed by atoms with Crippen LogP contribution in [0.25, 0.3) is 0 Å². The Hall–Kier alpha value is -1.40. The minimum atomic E-state index is -0.445. The van der Waals surface area contributed by atoms with E-state index in [-0.39, 0.29) is 11.6 Å². The number of hydrogen-bond acceptors (Lipinski definition) is 3. The Balaban J connectivity index is 2.14. The maximum Gasteiger partial charge on any atom is 0.256 e. The molecule has 2 rings (SSSR count). The van der Waals surface area contributed by atoms with Crippen molar-refractivity contribution in [2.75, 3.05) is 12.8 Å². The average molecular weight is 343 g/mol. The molecular formula is C13H12BrFN2OS. The van der Waals surface area contributed by atoms with Gasteiger partial charge in [-0.3, -0.25) is 4.79 Å². The fourth-order valence-corrected chi connectivity index (χ4v) is 3.18. The van der Waals surface area contributed by atoms with Crippen molar-refractivity contribution < 1.29 is 9.18 Å². The van der Waals surface area contributed by atoms with Crippen LogP contribution in [0.1, 0.15) is 15.2 Å². The van der Waals surface area contributed by atoms with Crippen LogP contribution in [-0.2, 0) is 6.54 Å². The molecule has 3 nitrogen and oxygen atoms in total. The molecule has 0 aliphatic rings. The molecular weight excluding hydrogens is 331 g/mol. The van der Waals surface area contributed by atoms with Crippen LogP contribution in [0, 0.1) is 5.82 Å². The molecule has 2 N–H and O–H groups in total. The summed E-state index contributed by atoms with van der Waals surface area (Å²) in [5, 5.41) is 1.96. The van der Waals surface area contributed by atoms with Gasteiger partial charge in [-0.05, 0) is 40.2 Å². The number of carbonyl (C=O) groups is 1. The Morgan fingerprint density at radius 2 is 2.21 bits per heavy atom. The molecule has 0 saturated carbocycles. The molecule has 0 radical (unpaired) electrons. The summed E-state index contributed by atoms with van der Waals surface area (Å²) in [6.07, 6.45) is 0. The summed E-state index contributed by atoms with van der Waals surface area (Å²) < 4.78 is 13.9. The molecule has 0 fully saturated rings. The molecule has 6 heteroatoms. The van der Waals surface area contributed by atoms with Gasteiger partial charge in [-0.15, -0.1) is 11.3 Å². The lowest BCUT2D eigenvalue weighted by Gasteiger charge is -2.17. The topological polar surface area (TPSA) is 46.3 Å². The van der Waals surface area contributed by atoms with Crippen molar-refractivity contribution in [3.05, 3.63) is 50.4 Å². The smallest absolute Gasteiger partial charge is 0.256 e. The second-order valence-corrected chi connectivity index (χ2v) is 6.04. The highest BCUT2D eigenvalue weighted by atomic mass is 79.9. The predicted octanol–water partition coefficient (Wildman–Crippen LogP) is 3.50. The Kier molecular flexibility index (Phi) is 4.21. The molecule has 0 aliphatic carbocycles. The quantitative estimate of drug-likeness (QED) is 0.867. The number of anilines is 1. The number of hydrogen-bond donors (Lipinski definition) is 1. The Labute approximate surface area is 123 Å². The van der Waals surface area contributed by atoms with E-state index in [1.165, 1.54) is 12.1 Å². The highest BCUT2D eigenvalue weighted by Gasteiger charge is 2.16. The summed E-state index contributed by atoms with van der Waals surface area (Å²) in [6, 6.07) is 5.76. The Bertz CT molecular complexity index is 614. The number of carbonyl (C=O) groups excluding carboxylic acids is 1. The molecule has 0 spiro atoms. The van der Waals surface area contributed by atoms with Crippen molar-refractivity contribution in [2.24, 2.45) is 0 Å². The zero-order chi connectivity index (χ0) is 14.0. The molecule has 0 unspecified atom stereocenters. The van der Waals surface area contributed by atoms with Crippen LogP contribution in [0.5, 0.6) is 0 Å². The molecule has 100 valence electrons. The first-order valence-electron chi connectivity index (χ1n) is 5.51. The lowest BCUT2D eigenvalue weighted by atomic mass is 10.1. The second kappa shape index (κ2) is 5.71. The van der Waals surface area contributed by atoms with E-state index in [0.29, 0.717) is 12.1 Å². The third-order valence-electron chi connectivity index (χ3n) is 2.61. The van der Waals surface area contributed by atoms with Gasteiger partial charge in [0.05, 0.1) is 12.1 Å². The number of nitrogens with zero attached hydrogens (tertiary/aromatic N) is 1. The summed E-state index contributed by atoms with van der Waals surface area (Å²) in [4.78, 5) is 14.8. The van der Waals surface area contributed by atoms with Crippen molar-refractivity contribution >= 4 is 38.9 Å². The number of benzene rings is 1. The van der Waals surface area contributed by atoms with Crippen molar-refractivity contribution in [2.45, 2.75) is 6.54 Å². The average Bonchev–Trinajstić information content (AvgIpc) is 2.74. The van der Waals surface area contributed by atoms with E-state index in [1.54, 1.807) is 23.3 Å². The predicted molar refractivity (Wildman–Crippen MR) is 78.6 cm³/mol. The van der Waals surface area contributed by atoms with Crippen LogP contribution in [0.4, 0.5) is 10.1 Å². The monoisotopic (exact) mass is 342 g/mol. The van der Waals surface area contributed by atoms with E-state index in [4.69, 9.17) is 5.73 Å². The number of rotatable bonds is 3. The van der Waals surface area contributed by atoms with Gasteiger partial charge in [-0.1, -0.05) is 0 Å². The normalized spacial score (nSPS) is 10.5. The van der Waals surface area contributed by atoms with E-state index in [1.807, 2.05) is 11.4 Å². The highest BCUT2D eigenvalue weighted by Crippen LogP contribution is 2.22. The highest BCUT2D eigenvalue weighted by molar-refractivity contribution is 9.10. The van der Waals surface area contributed by atoms with Crippen LogP contribution in [0.3, 0.4) is 0 Å². The minimum absolute atomic E-state index is 0.157. The van der Waals surface area contributed by atoms with E-state index in [0.717, 1.165) is 15.4 Å². The zero-order valence-electron chi connectivity index (χ0n) is 10.2. The summed E-state index contributed by atoms with van der Waals surface area (Å²) in [5.41, 5.74) is 6.14. The Morgan fingerprint density at radius 1 is 1.47 bits per heavy atom. The molecule has 0 atom stereocenters. The molecule has 1 aromatic carbocycles. The number of nitrogens with two attached hydrogens (primary N) is 1. The SMILES string of the molecule is CN(Cc1cc(Br)cs1)C(=O)c1ccc(F)cc1N.